The van der Waals surface area contributed by atoms with E-state index < -0.39 is 23.5 Å². The van der Waals surface area contributed by atoms with E-state index in [0.717, 1.165) is 18.2 Å². The van der Waals surface area contributed by atoms with Gasteiger partial charge in [0, 0.05) is 25.1 Å². The summed E-state index contributed by atoms with van der Waals surface area (Å²) in [6.45, 7) is 0.0423. The summed E-state index contributed by atoms with van der Waals surface area (Å²) in [7, 11) is 2.89. The zero-order valence-corrected chi connectivity index (χ0v) is 15.8. The fourth-order valence-corrected chi connectivity index (χ4v) is 3.23. The molecule has 6 nitrogen and oxygen atoms in total. The third-order valence-corrected chi connectivity index (χ3v) is 4.72. The molecule has 1 N–H and O–H groups in total. The highest BCUT2D eigenvalue weighted by Gasteiger charge is 2.37. The molecule has 1 aliphatic heterocycles. The lowest BCUT2D eigenvalue weighted by Crippen LogP contribution is -2.28. The molecule has 0 bridgehead atoms. The van der Waals surface area contributed by atoms with Crippen molar-refractivity contribution in [2.75, 3.05) is 31.0 Å². The highest BCUT2D eigenvalue weighted by molar-refractivity contribution is 6.32. The zero-order chi connectivity index (χ0) is 20.4. The maximum atomic E-state index is 13.7. The molecule has 1 saturated heterocycles. The molecule has 148 valence electrons. The number of ether oxygens (including phenoxy) is 2. The first-order valence-electron chi connectivity index (χ1n) is 8.31. The number of halogens is 3. The predicted octanol–water partition coefficient (Wildman–Crippen LogP) is 3.63. The van der Waals surface area contributed by atoms with Gasteiger partial charge in [-0.2, -0.15) is 0 Å². The van der Waals surface area contributed by atoms with E-state index >= 15 is 0 Å². The molecular weight excluding hydrogens is 394 g/mol. The van der Waals surface area contributed by atoms with Gasteiger partial charge in [0.2, 0.25) is 11.8 Å². The fraction of sp³-hybridized carbons (Fsp3) is 0.263. The van der Waals surface area contributed by atoms with Crippen LogP contribution in [0.2, 0.25) is 5.02 Å². The first-order valence-corrected chi connectivity index (χ1v) is 8.69. The Labute approximate surface area is 165 Å². The number of nitrogens with zero attached hydrogens (tertiary/aromatic N) is 1. The quantitative estimate of drug-likeness (QED) is 0.817. The summed E-state index contributed by atoms with van der Waals surface area (Å²) < 4.78 is 37.5. The molecule has 2 aromatic rings. The van der Waals surface area contributed by atoms with Crippen molar-refractivity contribution < 1.29 is 27.8 Å². The van der Waals surface area contributed by atoms with Gasteiger partial charge in [0.25, 0.3) is 0 Å². The second-order valence-electron chi connectivity index (χ2n) is 6.18. The van der Waals surface area contributed by atoms with Crippen LogP contribution in [0.15, 0.2) is 30.3 Å². The van der Waals surface area contributed by atoms with E-state index in [2.05, 4.69) is 5.32 Å². The van der Waals surface area contributed by atoms with Gasteiger partial charge in [-0.15, -0.1) is 0 Å². The van der Waals surface area contributed by atoms with Crippen molar-refractivity contribution in [1.29, 1.82) is 0 Å². The molecule has 28 heavy (non-hydrogen) atoms. The first-order chi connectivity index (χ1) is 13.3. The van der Waals surface area contributed by atoms with Crippen LogP contribution in [0.5, 0.6) is 11.5 Å². The Morgan fingerprint density at radius 1 is 1.18 bits per heavy atom. The van der Waals surface area contributed by atoms with E-state index in [0.29, 0.717) is 17.2 Å². The predicted molar refractivity (Wildman–Crippen MR) is 100 cm³/mol. The average molecular weight is 411 g/mol. The van der Waals surface area contributed by atoms with Crippen molar-refractivity contribution >= 4 is 34.8 Å². The standard InChI is InChI=1S/C19H17ClF2N2O4/c1-27-16-8-17(28-2)15(7-12(16)20)24-9-10(5-18(24)25)19(26)23-14-6-11(21)3-4-13(14)22/h3-4,6-8,10H,5,9H2,1-2H3,(H,23,26). The second kappa shape index (κ2) is 8.02. The van der Waals surface area contributed by atoms with Gasteiger partial charge >= 0.3 is 0 Å². The molecule has 1 unspecified atom stereocenters. The van der Waals surface area contributed by atoms with Gasteiger partial charge in [-0.1, -0.05) is 11.6 Å². The molecule has 2 amide bonds. The summed E-state index contributed by atoms with van der Waals surface area (Å²) in [5, 5.41) is 2.61. The SMILES string of the molecule is COc1cc(OC)c(N2CC(C(=O)Nc3cc(F)ccc3F)CC2=O)cc1Cl. The lowest BCUT2D eigenvalue weighted by atomic mass is 10.1. The van der Waals surface area contributed by atoms with Crippen LogP contribution in [0.25, 0.3) is 0 Å². The molecule has 0 saturated carbocycles. The molecule has 1 heterocycles. The van der Waals surface area contributed by atoms with Crippen LogP contribution < -0.4 is 19.7 Å². The number of benzene rings is 2. The summed E-state index contributed by atoms with van der Waals surface area (Å²) in [6.07, 6.45) is -0.0877. The number of carbonyl (C=O) groups is 2. The molecule has 0 radical (unpaired) electrons. The molecular formula is C19H17ClF2N2O4. The zero-order valence-electron chi connectivity index (χ0n) is 15.1. The Bertz CT molecular complexity index is 938. The van der Waals surface area contributed by atoms with Crippen molar-refractivity contribution in [3.63, 3.8) is 0 Å². The highest BCUT2D eigenvalue weighted by Crippen LogP contribution is 2.40. The summed E-state index contributed by atoms with van der Waals surface area (Å²) in [5.41, 5.74) is 0.117. The van der Waals surface area contributed by atoms with Crippen molar-refractivity contribution in [3.8, 4) is 11.5 Å². The number of hydrogen-bond acceptors (Lipinski definition) is 4. The van der Waals surface area contributed by atoms with Crippen LogP contribution in [0.1, 0.15) is 6.42 Å². The van der Waals surface area contributed by atoms with Crippen molar-refractivity contribution in [1.82, 2.24) is 0 Å². The Morgan fingerprint density at radius 3 is 2.57 bits per heavy atom. The fourth-order valence-electron chi connectivity index (χ4n) is 3.00. The lowest BCUT2D eigenvalue weighted by molar-refractivity contribution is -0.122. The van der Waals surface area contributed by atoms with Gasteiger partial charge in [0.1, 0.15) is 23.1 Å². The number of anilines is 2. The molecule has 2 aromatic carbocycles. The van der Waals surface area contributed by atoms with Crippen molar-refractivity contribution in [2.24, 2.45) is 5.92 Å². The number of hydrogen-bond donors (Lipinski definition) is 1. The summed E-state index contributed by atoms with van der Waals surface area (Å²) in [6, 6.07) is 5.81. The molecule has 0 aromatic heterocycles. The molecule has 0 aliphatic carbocycles. The summed E-state index contributed by atoms with van der Waals surface area (Å²) >= 11 is 6.15. The van der Waals surface area contributed by atoms with E-state index in [1.54, 1.807) is 6.07 Å². The largest absolute Gasteiger partial charge is 0.495 e. The number of nitrogens with one attached hydrogen (secondary N) is 1. The summed E-state index contributed by atoms with van der Waals surface area (Å²) in [4.78, 5) is 26.3. The molecule has 0 spiro atoms. The average Bonchev–Trinajstić information content (AvgIpc) is 3.06. The number of rotatable bonds is 5. The number of methoxy groups -OCH3 is 2. The number of carbonyl (C=O) groups excluding carboxylic acids is 2. The second-order valence-corrected chi connectivity index (χ2v) is 6.58. The Kier molecular flexibility index (Phi) is 5.69. The minimum Gasteiger partial charge on any atom is -0.495 e. The third kappa shape index (κ3) is 3.87. The van der Waals surface area contributed by atoms with Crippen LogP contribution in [-0.2, 0) is 9.59 Å². The van der Waals surface area contributed by atoms with E-state index in [9.17, 15) is 18.4 Å². The highest BCUT2D eigenvalue weighted by atomic mass is 35.5. The van der Waals surface area contributed by atoms with Gasteiger partial charge in [-0.05, 0) is 18.2 Å². The Morgan fingerprint density at radius 2 is 1.89 bits per heavy atom. The molecule has 1 fully saturated rings. The van der Waals surface area contributed by atoms with Gasteiger partial charge in [-0.25, -0.2) is 8.78 Å². The topological polar surface area (TPSA) is 67.9 Å². The first kappa shape index (κ1) is 19.9. The van der Waals surface area contributed by atoms with Crippen molar-refractivity contribution in [3.05, 3.63) is 47.0 Å². The van der Waals surface area contributed by atoms with Gasteiger partial charge in [0.05, 0.1) is 36.5 Å². The monoisotopic (exact) mass is 410 g/mol. The minimum atomic E-state index is -0.764. The third-order valence-electron chi connectivity index (χ3n) is 4.43. The van der Waals surface area contributed by atoms with E-state index in [4.69, 9.17) is 21.1 Å². The van der Waals surface area contributed by atoms with Gasteiger partial charge < -0.3 is 19.7 Å². The van der Waals surface area contributed by atoms with E-state index in [1.807, 2.05) is 0 Å². The van der Waals surface area contributed by atoms with E-state index in [1.165, 1.54) is 25.2 Å². The maximum Gasteiger partial charge on any atom is 0.229 e. The van der Waals surface area contributed by atoms with E-state index in [-0.39, 0.29) is 29.6 Å². The summed E-state index contributed by atoms with van der Waals surface area (Å²) in [5.74, 6) is -2.37. The maximum absolute atomic E-state index is 13.7. The normalized spacial score (nSPS) is 16.2. The van der Waals surface area contributed by atoms with Crippen LogP contribution >= 0.6 is 11.6 Å². The van der Waals surface area contributed by atoms with Gasteiger partial charge in [-0.3, -0.25) is 9.59 Å². The van der Waals surface area contributed by atoms with Crippen molar-refractivity contribution in [2.45, 2.75) is 6.42 Å². The molecule has 3 rings (SSSR count). The van der Waals surface area contributed by atoms with Crippen LogP contribution in [0.4, 0.5) is 20.2 Å². The van der Waals surface area contributed by atoms with Crippen LogP contribution in [-0.4, -0.2) is 32.6 Å². The van der Waals surface area contributed by atoms with Gasteiger partial charge in [0.15, 0.2) is 0 Å². The molecule has 1 atom stereocenters. The number of amides is 2. The molecule has 1 aliphatic rings. The van der Waals surface area contributed by atoms with Crippen LogP contribution in [0.3, 0.4) is 0 Å². The minimum absolute atomic E-state index is 0.0423. The smallest absolute Gasteiger partial charge is 0.229 e. The lowest BCUT2D eigenvalue weighted by Gasteiger charge is -2.21. The Hall–Kier alpha value is -2.87. The Balaban J connectivity index is 1.81. The molecule has 9 heteroatoms. The van der Waals surface area contributed by atoms with Crippen LogP contribution in [0, 0.1) is 17.6 Å².